The first-order valence-corrected chi connectivity index (χ1v) is 7.26. The van der Waals surface area contributed by atoms with Crippen molar-refractivity contribution in [2.24, 2.45) is 5.73 Å². The highest BCUT2D eigenvalue weighted by Gasteiger charge is 2.34. The maximum absolute atomic E-state index is 11.4. The van der Waals surface area contributed by atoms with Crippen molar-refractivity contribution in [3.8, 4) is 0 Å². The first-order valence-electron chi connectivity index (χ1n) is 6.47. The van der Waals surface area contributed by atoms with Gasteiger partial charge in [0.25, 0.3) is 0 Å². The lowest BCUT2D eigenvalue weighted by atomic mass is 9.74. The molecule has 0 radical (unpaired) electrons. The fourth-order valence-electron chi connectivity index (χ4n) is 2.49. The third-order valence-electron chi connectivity index (χ3n) is 3.70. The first-order chi connectivity index (χ1) is 9.16. The minimum Gasteiger partial charge on any atom is -0.381 e. The molecule has 1 saturated heterocycles. The Morgan fingerprint density at radius 1 is 1.40 bits per heavy atom. The number of carbonyl (C=O) groups is 1. The van der Waals surface area contributed by atoms with Crippen LogP contribution in [0, 0.1) is 0 Å². The summed E-state index contributed by atoms with van der Waals surface area (Å²) >= 11 is 3.51. The van der Waals surface area contributed by atoms with Gasteiger partial charge in [-0.2, -0.15) is 0 Å². The van der Waals surface area contributed by atoms with Gasteiger partial charge in [-0.05, 0) is 30.5 Å². The van der Waals surface area contributed by atoms with E-state index in [1.165, 1.54) is 5.56 Å². The molecular formula is C14H20BrClN2O2. The van der Waals surface area contributed by atoms with E-state index in [1.54, 1.807) is 0 Å². The van der Waals surface area contributed by atoms with Gasteiger partial charge < -0.3 is 15.8 Å². The van der Waals surface area contributed by atoms with Crippen LogP contribution in [0.2, 0.25) is 0 Å². The Hall–Kier alpha value is -0.620. The van der Waals surface area contributed by atoms with Crippen molar-refractivity contribution in [2.75, 3.05) is 26.3 Å². The molecule has 0 saturated carbocycles. The van der Waals surface area contributed by atoms with Crippen LogP contribution in [0.3, 0.4) is 0 Å². The molecule has 1 amide bonds. The second kappa shape index (κ2) is 7.98. The fourth-order valence-corrected chi connectivity index (χ4v) is 2.89. The molecule has 6 heteroatoms. The van der Waals surface area contributed by atoms with Crippen molar-refractivity contribution in [3.63, 3.8) is 0 Å². The predicted molar refractivity (Wildman–Crippen MR) is 85.2 cm³/mol. The van der Waals surface area contributed by atoms with Crippen LogP contribution < -0.4 is 11.1 Å². The van der Waals surface area contributed by atoms with E-state index in [4.69, 9.17) is 10.5 Å². The van der Waals surface area contributed by atoms with Gasteiger partial charge >= 0.3 is 0 Å². The molecule has 0 aliphatic carbocycles. The first kappa shape index (κ1) is 17.4. The molecule has 0 atom stereocenters. The van der Waals surface area contributed by atoms with Crippen LogP contribution in [0.1, 0.15) is 18.4 Å². The van der Waals surface area contributed by atoms with E-state index in [1.807, 2.05) is 12.1 Å². The average Bonchev–Trinajstić information content (AvgIpc) is 2.46. The van der Waals surface area contributed by atoms with E-state index in [2.05, 4.69) is 33.4 Å². The van der Waals surface area contributed by atoms with Crippen LogP contribution in [0.15, 0.2) is 28.7 Å². The molecule has 3 N–H and O–H groups in total. The van der Waals surface area contributed by atoms with Gasteiger partial charge in [-0.3, -0.25) is 4.79 Å². The summed E-state index contributed by atoms with van der Waals surface area (Å²) in [4.78, 5) is 11.4. The van der Waals surface area contributed by atoms with Crippen molar-refractivity contribution in [1.82, 2.24) is 5.32 Å². The Bertz CT molecular complexity index is 451. The zero-order valence-corrected chi connectivity index (χ0v) is 13.6. The lowest BCUT2D eigenvalue weighted by Crippen LogP contribution is -2.46. The molecule has 1 aliphatic rings. The van der Waals surface area contributed by atoms with Gasteiger partial charge in [-0.25, -0.2) is 0 Å². The van der Waals surface area contributed by atoms with Gasteiger partial charge in [0.15, 0.2) is 0 Å². The highest BCUT2D eigenvalue weighted by Crippen LogP contribution is 2.35. The van der Waals surface area contributed by atoms with Crippen LogP contribution in [0.5, 0.6) is 0 Å². The van der Waals surface area contributed by atoms with Crippen molar-refractivity contribution < 1.29 is 9.53 Å². The number of ether oxygens (including phenoxy) is 1. The number of hydrogen-bond donors (Lipinski definition) is 2. The lowest BCUT2D eigenvalue weighted by molar-refractivity contribution is -0.120. The third-order valence-corrected chi connectivity index (χ3v) is 4.19. The summed E-state index contributed by atoms with van der Waals surface area (Å²) in [6.07, 6.45) is 1.82. The van der Waals surface area contributed by atoms with Crippen LogP contribution >= 0.6 is 28.3 Å². The normalized spacial score (nSPS) is 17.1. The van der Waals surface area contributed by atoms with E-state index in [-0.39, 0.29) is 30.3 Å². The Kier molecular flexibility index (Phi) is 6.95. The molecule has 112 valence electrons. The molecule has 20 heavy (non-hydrogen) atoms. The molecule has 1 aromatic rings. The van der Waals surface area contributed by atoms with Crippen LogP contribution in [-0.2, 0) is 14.9 Å². The molecule has 0 aromatic heterocycles. The van der Waals surface area contributed by atoms with E-state index in [0.29, 0.717) is 6.54 Å². The molecule has 0 spiro atoms. The summed E-state index contributed by atoms with van der Waals surface area (Å²) in [6.45, 7) is 2.10. The largest absolute Gasteiger partial charge is 0.381 e. The van der Waals surface area contributed by atoms with Crippen molar-refractivity contribution in [2.45, 2.75) is 18.3 Å². The molecule has 0 bridgehead atoms. The molecule has 1 aromatic carbocycles. The Morgan fingerprint density at radius 2 is 2.10 bits per heavy atom. The number of nitrogens with one attached hydrogen (secondary N) is 1. The zero-order chi connectivity index (χ0) is 13.7. The van der Waals surface area contributed by atoms with Gasteiger partial charge in [0.2, 0.25) is 5.91 Å². The maximum Gasteiger partial charge on any atom is 0.233 e. The molecule has 0 unspecified atom stereocenters. The van der Waals surface area contributed by atoms with Gasteiger partial charge in [0.05, 0.1) is 6.54 Å². The monoisotopic (exact) mass is 362 g/mol. The van der Waals surface area contributed by atoms with Crippen LogP contribution in [-0.4, -0.2) is 32.2 Å². The highest BCUT2D eigenvalue weighted by molar-refractivity contribution is 9.10. The van der Waals surface area contributed by atoms with Gasteiger partial charge in [0.1, 0.15) is 0 Å². The summed E-state index contributed by atoms with van der Waals surface area (Å²) in [5, 5.41) is 2.93. The molecule has 2 rings (SSSR count). The average molecular weight is 364 g/mol. The summed E-state index contributed by atoms with van der Waals surface area (Å²) in [5.74, 6) is -0.110. The predicted octanol–water partition coefficient (Wildman–Crippen LogP) is 1.99. The molecule has 1 aliphatic heterocycles. The fraction of sp³-hybridized carbons (Fsp3) is 0.500. The number of hydrogen-bond acceptors (Lipinski definition) is 3. The lowest BCUT2D eigenvalue weighted by Gasteiger charge is -2.38. The second-order valence-electron chi connectivity index (χ2n) is 4.88. The standard InChI is InChI=1S/C14H19BrN2O2.ClH/c15-12-3-1-2-11(8-12)14(4-6-19-7-5-14)10-17-13(18)9-16;/h1-3,8H,4-7,9-10,16H2,(H,17,18);1H. The van der Waals surface area contributed by atoms with Crippen molar-refractivity contribution >= 4 is 34.2 Å². The van der Waals surface area contributed by atoms with E-state index >= 15 is 0 Å². The number of nitrogens with two attached hydrogens (primary N) is 1. The number of carbonyl (C=O) groups excluding carboxylic acids is 1. The number of amides is 1. The van der Waals surface area contributed by atoms with Crippen molar-refractivity contribution in [3.05, 3.63) is 34.3 Å². The maximum atomic E-state index is 11.4. The van der Waals surface area contributed by atoms with Crippen molar-refractivity contribution in [1.29, 1.82) is 0 Å². The van der Waals surface area contributed by atoms with Gasteiger partial charge in [0, 0.05) is 29.6 Å². The van der Waals surface area contributed by atoms with Crippen LogP contribution in [0.4, 0.5) is 0 Å². The minimum absolute atomic E-state index is 0. The zero-order valence-electron chi connectivity index (χ0n) is 11.2. The SMILES string of the molecule is Cl.NCC(=O)NCC1(c2cccc(Br)c2)CCOCC1. The number of benzene rings is 1. The van der Waals surface area contributed by atoms with Crippen LogP contribution in [0.25, 0.3) is 0 Å². The van der Waals surface area contributed by atoms with E-state index < -0.39 is 0 Å². The summed E-state index contributed by atoms with van der Waals surface area (Å²) in [6, 6.07) is 8.28. The quantitative estimate of drug-likeness (QED) is 0.860. The van der Waals surface area contributed by atoms with E-state index in [0.717, 1.165) is 30.5 Å². The molecule has 1 fully saturated rings. The minimum atomic E-state index is -0.110. The third kappa shape index (κ3) is 4.19. The van der Waals surface area contributed by atoms with Gasteiger partial charge in [-0.1, -0.05) is 28.1 Å². The summed E-state index contributed by atoms with van der Waals surface area (Å²) < 4.78 is 6.52. The molecule has 1 heterocycles. The molecular weight excluding hydrogens is 344 g/mol. The van der Waals surface area contributed by atoms with Gasteiger partial charge in [-0.15, -0.1) is 12.4 Å². The Balaban J connectivity index is 0.00000200. The second-order valence-corrected chi connectivity index (χ2v) is 5.80. The molecule has 4 nitrogen and oxygen atoms in total. The summed E-state index contributed by atoms with van der Waals surface area (Å²) in [7, 11) is 0. The smallest absolute Gasteiger partial charge is 0.233 e. The Morgan fingerprint density at radius 3 is 2.70 bits per heavy atom. The number of halogens is 2. The number of rotatable bonds is 4. The summed E-state index contributed by atoms with van der Waals surface area (Å²) in [5.41, 5.74) is 6.54. The van der Waals surface area contributed by atoms with E-state index in [9.17, 15) is 4.79 Å². The Labute approximate surface area is 134 Å². The highest BCUT2D eigenvalue weighted by atomic mass is 79.9. The topological polar surface area (TPSA) is 64.4 Å².